The lowest BCUT2D eigenvalue weighted by atomic mass is 9.97. The summed E-state index contributed by atoms with van der Waals surface area (Å²) in [5, 5.41) is 16.5. The van der Waals surface area contributed by atoms with Gasteiger partial charge in [-0.3, -0.25) is 4.68 Å². The molecule has 0 saturated heterocycles. The Balaban J connectivity index is 1.59. The molecule has 1 N–H and O–H groups in total. The van der Waals surface area contributed by atoms with Crippen LogP contribution in [0.1, 0.15) is 57.8 Å². The van der Waals surface area contributed by atoms with Crippen LogP contribution in [0.4, 0.5) is 4.39 Å². The van der Waals surface area contributed by atoms with Gasteiger partial charge >= 0.3 is 5.97 Å². The maximum Gasteiger partial charge on any atom is 0.352 e. The number of nitrogens with zero attached hydrogens (tertiary/aromatic N) is 3. The van der Waals surface area contributed by atoms with Crippen molar-refractivity contribution in [2.45, 2.75) is 59.6 Å². The normalized spacial score (nSPS) is 13.8. The Morgan fingerprint density at radius 1 is 1.18 bits per heavy atom. The number of aromatic nitrogens is 3. The van der Waals surface area contributed by atoms with E-state index in [0.717, 1.165) is 39.4 Å². The Hall–Kier alpha value is -3.36. The molecule has 0 amide bonds. The number of halogens is 2. The van der Waals surface area contributed by atoms with E-state index < -0.39 is 11.8 Å². The number of fused-ring (bicyclic) bond motifs is 2. The summed E-state index contributed by atoms with van der Waals surface area (Å²) in [6.07, 6.45) is 2.54. The Labute approximate surface area is 232 Å². The number of benzene rings is 2. The van der Waals surface area contributed by atoms with Crippen molar-refractivity contribution in [2.75, 3.05) is 13.2 Å². The van der Waals surface area contributed by atoms with Crippen molar-refractivity contribution >= 4 is 28.5 Å². The molecule has 0 spiro atoms. The van der Waals surface area contributed by atoms with E-state index in [-0.39, 0.29) is 12.3 Å². The van der Waals surface area contributed by atoms with Crippen LogP contribution in [0.5, 0.6) is 5.75 Å². The van der Waals surface area contributed by atoms with E-state index in [4.69, 9.17) is 21.1 Å². The lowest BCUT2D eigenvalue weighted by molar-refractivity contribution is 0.0683. The summed E-state index contributed by atoms with van der Waals surface area (Å²) in [6.45, 7) is 7.42. The molecule has 5 rings (SSSR count). The molecule has 9 heteroatoms. The largest absolute Gasteiger partial charge is 0.494 e. The highest BCUT2D eigenvalue weighted by atomic mass is 35.5. The topological polar surface area (TPSA) is 78.5 Å². The van der Waals surface area contributed by atoms with E-state index in [9.17, 15) is 9.90 Å². The Morgan fingerprint density at radius 2 is 1.92 bits per heavy atom. The molecule has 2 aromatic carbocycles. The van der Waals surface area contributed by atoms with Crippen molar-refractivity contribution in [3.8, 4) is 16.9 Å². The van der Waals surface area contributed by atoms with Gasteiger partial charge in [0.2, 0.25) is 0 Å². The first-order chi connectivity index (χ1) is 18.7. The first-order valence-electron chi connectivity index (χ1n) is 13.3. The second-order valence-electron chi connectivity index (χ2n) is 10.2. The van der Waals surface area contributed by atoms with E-state index in [0.29, 0.717) is 66.9 Å². The van der Waals surface area contributed by atoms with Crippen molar-refractivity contribution < 1.29 is 23.8 Å². The molecule has 0 aliphatic carbocycles. The molecule has 7 nitrogen and oxygen atoms in total. The van der Waals surface area contributed by atoms with Crippen LogP contribution in [0.15, 0.2) is 24.3 Å². The van der Waals surface area contributed by atoms with Crippen molar-refractivity contribution in [1.82, 2.24) is 14.3 Å². The summed E-state index contributed by atoms with van der Waals surface area (Å²) in [4.78, 5) is 12.7. The highest BCUT2D eigenvalue weighted by Gasteiger charge is 2.29. The monoisotopic (exact) mass is 553 g/mol. The maximum absolute atomic E-state index is 15.7. The predicted molar refractivity (Wildman–Crippen MR) is 149 cm³/mol. The van der Waals surface area contributed by atoms with Gasteiger partial charge < -0.3 is 19.1 Å². The molecule has 0 bridgehead atoms. The fourth-order valence-electron chi connectivity index (χ4n) is 5.63. The number of aromatic carboxylic acids is 1. The minimum Gasteiger partial charge on any atom is -0.494 e. The average Bonchev–Trinajstić information content (AvgIpc) is 3.34. The number of carboxylic acid groups (broad SMARTS) is 1. The zero-order valence-electron chi connectivity index (χ0n) is 22.7. The highest BCUT2D eigenvalue weighted by molar-refractivity contribution is 6.32. The lowest BCUT2D eigenvalue weighted by Gasteiger charge is -2.12. The summed E-state index contributed by atoms with van der Waals surface area (Å²) >= 11 is 6.28. The van der Waals surface area contributed by atoms with Crippen LogP contribution in [0, 0.1) is 26.6 Å². The second kappa shape index (κ2) is 11.0. The van der Waals surface area contributed by atoms with E-state index in [2.05, 4.69) is 5.10 Å². The summed E-state index contributed by atoms with van der Waals surface area (Å²) < 4.78 is 31.1. The number of aryl methyl sites for hydroxylation is 5. The summed E-state index contributed by atoms with van der Waals surface area (Å²) in [5.74, 6) is -0.694. The Kier molecular flexibility index (Phi) is 7.69. The van der Waals surface area contributed by atoms with Crippen LogP contribution in [-0.2, 0) is 31.4 Å². The zero-order valence-corrected chi connectivity index (χ0v) is 23.5. The Bertz CT molecular complexity index is 1550. The number of hydrogen-bond acceptors (Lipinski definition) is 4. The van der Waals surface area contributed by atoms with Gasteiger partial charge in [0.05, 0.1) is 24.4 Å². The van der Waals surface area contributed by atoms with E-state index in [1.807, 2.05) is 40.0 Å². The van der Waals surface area contributed by atoms with Gasteiger partial charge in [0.15, 0.2) is 0 Å². The number of hydrogen-bond donors (Lipinski definition) is 1. The number of rotatable bonds is 6. The lowest BCUT2D eigenvalue weighted by Crippen LogP contribution is -2.12. The van der Waals surface area contributed by atoms with Gasteiger partial charge in [0.25, 0.3) is 0 Å². The van der Waals surface area contributed by atoms with Gasteiger partial charge in [-0.05, 0) is 87.4 Å². The summed E-state index contributed by atoms with van der Waals surface area (Å²) in [6, 6.07) is 6.95. The van der Waals surface area contributed by atoms with Crippen molar-refractivity contribution in [3.63, 3.8) is 0 Å². The fraction of sp³-hybridized carbons (Fsp3) is 0.400. The van der Waals surface area contributed by atoms with E-state index in [1.165, 1.54) is 6.07 Å². The van der Waals surface area contributed by atoms with Crippen molar-refractivity contribution in [1.29, 1.82) is 0 Å². The van der Waals surface area contributed by atoms with Crippen LogP contribution in [0.25, 0.3) is 22.0 Å². The molecule has 1 aliphatic rings. The molecule has 3 heterocycles. The molecule has 0 unspecified atom stereocenters. The number of ether oxygens (including phenoxy) is 2. The summed E-state index contributed by atoms with van der Waals surface area (Å²) in [5.41, 5.74) is 5.90. The molecule has 0 atom stereocenters. The van der Waals surface area contributed by atoms with E-state index >= 15 is 4.39 Å². The van der Waals surface area contributed by atoms with Gasteiger partial charge in [-0.15, -0.1) is 0 Å². The van der Waals surface area contributed by atoms with Crippen molar-refractivity contribution in [2.24, 2.45) is 7.05 Å². The third-order valence-electron chi connectivity index (χ3n) is 7.55. The molecule has 1 aliphatic heterocycles. The predicted octanol–water partition coefficient (Wildman–Crippen LogP) is 6.78. The molecular weight excluding hydrogens is 521 g/mol. The standard InChI is InChI=1S/C30H33ClFN3O4/c1-17-14-20(15-18(2)27(17)31)39-13-7-8-21-22-9-10-23(32)26-25-19(3)34(4)33-24(25)16-38-12-6-5-11-35(28(22)26)29(21)30(36)37/h9-10,14-15H,5-8,11-13,16H2,1-4H3,(H,36,37). The SMILES string of the molecule is Cc1cc(OCCCc2c(C(=O)O)n3c4c(c(F)ccc24)-c2c(nn(C)c2C)COCCCC3)cc(C)c1Cl. The fourth-order valence-corrected chi connectivity index (χ4v) is 5.74. The van der Waals surface area contributed by atoms with Gasteiger partial charge in [-0.2, -0.15) is 5.10 Å². The third kappa shape index (κ3) is 5.03. The quantitative estimate of drug-likeness (QED) is 0.266. The first kappa shape index (κ1) is 27.2. The molecule has 4 aromatic rings. The van der Waals surface area contributed by atoms with Gasteiger partial charge in [0, 0.05) is 47.4 Å². The van der Waals surface area contributed by atoms with Crippen LogP contribution >= 0.6 is 11.6 Å². The van der Waals surface area contributed by atoms with Gasteiger partial charge in [-0.25, -0.2) is 9.18 Å². The zero-order chi connectivity index (χ0) is 27.8. The highest BCUT2D eigenvalue weighted by Crippen LogP contribution is 2.40. The van der Waals surface area contributed by atoms with Gasteiger partial charge in [-0.1, -0.05) is 11.6 Å². The Morgan fingerprint density at radius 3 is 2.64 bits per heavy atom. The summed E-state index contributed by atoms with van der Waals surface area (Å²) in [7, 11) is 1.82. The maximum atomic E-state index is 15.7. The molecule has 0 fully saturated rings. The molecule has 2 aromatic heterocycles. The van der Waals surface area contributed by atoms with Crippen LogP contribution in [0.2, 0.25) is 5.02 Å². The third-order valence-corrected chi connectivity index (χ3v) is 8.14. The van der Waals surface area contributed by atoms with Crippen molar-refractivity contribution in [3.05, 3.63) is 68.9 Å². The van der Waals surface area contributed by atoms with Crippen LogP contribution in [0.3, 0.4) is 0 Å². The number of carboxylic acids is 1. The molecular formula is C30H33ClFN3O4. The van der Waals surface area contributed by atoms with E-state index in [1.54, 1.807) is 15.3 Å². The minimum absolute atomic E-state index is 0.207. The molecule has 0 radical (unpaired) electrons. The molecule has 39 heavy (non-hydrogen) atoms. The molecule has 0 saturated carbocycles. The second-order valence-corrected chi connectivity index (χ2v) is 10.6. The minimum atomic E-state index is -1.02. The smallest absolute Gasteiger partial charge is 0.352 e. The first-order valence-corrected chi connectivity index (χ1v) is 13.6. The average molecular weight is 554 g/mol. The van der Waals surface area contributed by atoms with Crippen LogP contribution in [-0.4, -0.2) is 38.6 Å². The van der Waals surface area contributed by atoms with Gasteiger partial charge in [0.1, 0.15) is 17.3 Å². The number of carbonyl (C=O) groups is 1. The van der Waals surface area contributed by atoms with Crippen LogP contribution < -0.4 is 4.74 Å². The molecule has 206 valence electrons.